The molecule has 0 aliphatic carbocycles. The number of hydrogen-bond donors (Lipinski definition) is 0. The first-order chi connectivity index (χ1) is 25.0. The van der Waals surface area contributed by atoms with Crippen LogP contribution < -0.4 is 0 Å². The van der Waals surface area contributed by atoms with Crippen LogP contribution in [0.4, 0.5) is 0 Å². The maximum atomic E-state index is 12.6. The van der Waals surface area contributed by atoms with Crippen LogP contribution in [0.3, 0.4) is 0 Å². The van der Waals surface area contributed by atoms with Crippen LogP contribution in [-0.4, -0.2) is 37.2 Å². The van der Waals surface area contributed by atoms with Crippen molar-refractivity contribution in [1.29, 1.82) is 0 Å². The van der Waals surface area contributed by atoms with Crippen LogP contribution in [0.5, 0.6) is 0 Å². The van der Waals surface area contributed by atoms with Crippen LogP contribution in [0.15, 0.2) is 24.3 Å². The summed E-state index contributed by atoms with van der Waals surface area (Å²) >= 11 is 0. The van der Waals surface area contributed by atoms with E-state index in [0.717, 1.165) is 83.5 Å². The van der Waals surface area contributed by atoms with Crippen molar-refractivity contribution in [2.75, 3.05) is 13.2 Å². The third-order valence-corrected chi connectivity index (χ3v) is 9.43. The highest BCUT2D eigenvalue weighted by Gasteiger charge is 2.19. The Hall–Kier alpha value is -2.11. The van der Waals surface area contributed by atoms with E-state index in [9.17, 15) is 14.4 Å². The van der Waals surface area contributed by atoms with E-state index >= 15 is 0 Å². The number of carbonyl (C=O) groups is 3. The zero-order valence-electron chi connectivity index (χ0n) is 33.9. The van der Waals surface area contributed by atoms with Gasteiger partial charge in [0.05, 0.1) is 0 Å². The lowest BCUT2D eigenvalue weighted by molar-refractivity contribution is -0.167. The number of allylic oxidation sites excluding steroid dienone is 4. The second-order valence-corrected chi connectivity index (χ2v) is 14.6. The SMILES string of the molecule is CCCC/C=C\CCCCCCCC(=O)OC(COC(=O)CCCCC/C=C\CCCCCCCC)COC(=O)CCCCCCCCCCC. The standard InChI is InChI=1S/C45H82O6/c1-4-7-10-13-16-19-21-22-24-26-29-32-35-38-44(47)50-41-42(40-49-43(46)37-34-31-28-25-18-15-12-9-6-3)51-45(48)39-36-33-30-27-23-20-17-14-11-8-5-2/h14,17,22,24,42H,4-13,15-16,18-21,23,25-41H2,1-3H3/b17-14-,24-22-. The Labute approximate surface area is 315 Å². The van der Waals surface area contributed by atoms with Crippen LogP contribution >= 0.6 is 0 Å². The highest BCUT2D eigenvalue weighted by molar-refractivity contribution is 5.71. The van der Waals surface area contributed by atoms with E-state index in [1.807, 2.05) is 0 Å². The first kappa shape index (κ1) is 48.9. The number of ether oxygens (including phenoxy) is 3. The number of unbranched alkanes of at least 4 members (excludes halogenated alkanes) is 24. The molecule has 0 saturated heterocycles. The van der Waals surface area contributed by atoms with Crippen LogP contribution in [-0.2, 0) is 28.6 Å². The summed E-state index contributed by atoms with van der Waals surface area (Å²) in [5.74, 6) is -0.906. The van der Waals surface area contributed by atoms with Gasteiger partial charge in [-0.2, -0.15) is 0 Å². The van der Waals surface area contributed by atoms with Crippen molar-refractivity contribution in [1.82, 2.24) is 0 Å². The Bertz CT molecular complexity index is 835. The van der Waals surface area contributed by atoms with Gasteiger partial charge in [-0.15, -0.1) is 0 Å². The van der Waals surface area contributed by atoms with Crippen molar-refractivity contribution in [2.45, 2.75) is 232 Å². The molecule has 0 spiro atoms. The van der Waals surface area contributed by atoms with Crippen LogP contribution in [0.25, 0.3) is 0 Å². The molecule has 0 aliphatic heterocycles. The van der Waals surface area contributed by atoms with E-state index in [-0.39, 0.29) is 31.1 Å². The summed E-state index contributed by atoms with van der Waals surface area (Å²) in [4.78, 5) is 37.6. The van der Waals surface area contributed by atoms with Gasteiger partial charge < -0.3 is 14.2 Å². The Morgan fingerprint density at radius 1 is 0.373 bits per heavy atom. The Kier molecular flexibility index (Phi) is 39.0. The second kappa shape index (κ2) is 40.7. The molecular weight excluding hydrogens is 636 g/mol. The molecule has 0 aromatic carbocycles. The summed E-state index contributed by atoms with van der Waals surface area (Å²) in [7, 11) is 0. The number of rotatable bonds is 39. The van der Waals surface area contributed by atoms with Gasteiger partial charge in [0, 0.05) is 19.3 Å². The summed E-state index contributed by atoms with van der Waals surface area (Å²) in [6.07, 6.45) is 43.0. The van der Waals surface area contributed by atoms with Gasteiger partial charge in [-0.1, -0.05) is 167 Å². The molecule has 0 aliphatic rings. The molecule has 298 valence electrons. The molecule has 0 fully saturated rings. The smallest absolute Gasteiger partial charge is 0.306 e. The Balaban J connectivity index is 4.38. The molecule has 0 N–H and O–H groups in total. The fourth-order valence-corrected chi connectivity index (χ4v) is 6.06. The summed E-state index contributed by atoms with van der Waals surface area (Å²) in [5, 5.41) is 0. The zero-order chi connectivity index (χ0) is 37.3. The van der Waals surface area contributed by atoms with Crippen molar-refractivity contribution in [3.63, 3.8) is 0 Å². The molecule has 1 unspecified atom stereocenters. The van der Waals surface area contributed by atoms with E-state index in [1.165, 1.54) is 103 Å². The number of carbonyl (C=O) groups excluding carboxylic acids is 3. The fourth-order valence-electron chi connectivity index (χ4n) is 6.06. The lowest BCUT2D eigenvalue weighted by atomic mass is 10.1. The van der Waals surface area contributed by atoms with Crippen LogP contribution in [0, 0.1) is 0 Å². The Morgan fingerprint density at radius 2 is 0.667 bits per heavy atom. The van der Waals surface area contributed by atoms with Crippen molar-refractivity contribution >= 4 is 17.9 Å². The molecule has 6 nitrogen and oxygen atoms in total. The summed E-state index contributed by atoms with van der Waals surface area (Å²) in [6.45, 7) is 6.54. The van der Waals surface area contributed by atoms with Gasteiger partial charge in [0.25, 0.3) is 0 Å². The average molecular weight is 719 g/mol. The third kappa shape index (κ3) is 38.9. The van der Waals surface area contributed by atoms with Gasteiger partial charge in [0.2, 0.25) is 0 Å². The van der Waals surface area contributed by atoms with Gasteiger partial charge in [-0.25, -0.2) is 0 Å². The quantitative estimate of drug-likeness (QED) is 0.0272. The van der Waals surface area contributed by atoms with Crippen molar-refractivity contribution < 1.29 is 28.6 Å². The zero-order valence-corrected chi connectivity index (χ0v) is 33.9. The Morgan fingerprint density at radius 3 is 1.06 bits per heavy atom. The van der Waals surface area contributed by atoms with E-state index in [0.29, 0.717) is 19.3 Å². The maximum Gasteiger partial charge on any atom is 0.306 e. The molecule has 0 aromatic rings. The van der Waals surface area contributed by atoms with Gasteiger partial charge in [-0.3, -0.25) is 14.4 Å². The van der Waals surface area contributed by atoms with Crippen molar-refractivity contribution in [3.8, 4) is 0 Å². The van der Waals surface area contributed by atoms with E-state index in [1.54, 1.807) is 0 Å². The molecule has 1 atom stereocenters. The number of esters is 3. The highest BCUT2D eigenvalue weighted by atomic mass is 16.6. The van der Waals surface area contributed by atoms with E-state index in [4.69, 9.17) is 14.2 Å². The number of hydrogen-bond acceptors (Lipinski definition) is 6. The molecule has 6 heteroatoms. The first-order valence-electron chi connectivity index (χ1n) is 21.8. The molecule has 0 rings (SSSR count). The molecule has 0 bridgehead atoms. The summed E-state index contributed by atoms with van der Waals surface area (Å²) in [5.41, 5.74) is 0. The van der Waals surface area contributed by atoms with Crippen LogP contribution in [0.2, 0.25) is 0 Å². The fraction of sp³-hybridized carbons (Fsp3) is 0.844. The predicted octanol–water partition coefficient (Wildman–Crippen LogP) is 13.6. The minimum Gasteiger partial charge on any atom is -0.462 e. The minimum absolute atomic E-state index is 0.0773. The van der Waals surface area contributed by atoms with E-state index < -0.39 is 6.10 Å². The topological polar surface area (TPSA) is 78.9 Å². The molecular formula is C45H82O6. The third-order valence-electron chi connectivity index (χ3n) is 9.43. The maximum absolute atomic E-state index is 12.6. The molecule has 0 aromatic heterocycles. The normalized spacial score (nSPS) is 12.1. The molecule has 0 amide bonds. The monoisotopic (exact) mass is 719 g/mol. The van der Waals surface area contributed by atoms with E-state index in [2.05, 4.69) is 45.1 Å². The first-order valence-corrected chi connectivity index (χ1v) is 21.8. The van der Waals surface area contributed by atoms with Crippen LogP contribution in [0.1, 0.15) is 226 Å². The lowest BCUT2D eigenvalue weighted by Gasteiger charge is -2.18. The lowest BCUT2D eigenvalue weighted by Crippen LogP contribution is -2.30. The summed E-state index contributed by atoms with van der Waals surface area (Å²) in [6, 6.07) is 0. The van der Waals surface area contributed by atoms with Crippen molar-refractivity contribution in [3.05, 3.63) is 24.3 Å². The van der Waals surface area contributed by atoms with Gasteiger partial charge in [0.1, 0.15) is 13.2 Å². The molecule has 0 radical (unpaired) electrons. The van der Waals surface area contributed by atoms with Gasteiger partial charge in [0.15, 0.2) is 6.10 Å². The predicted molar refractivity (Wildman–Crippen MR) is 215 cm³/mol. The second-order valence-electron chi connectivity index (χ2n) is 14.6. The molecule has 0 heterocycles. The van der Waals surface area contributed by atoms with Gasteiger partial charge >= 0.3 is 17.9 Å². The summed E-state index contributed by atoms with van der Waals surface area (Å²) < 4.78 is 16.6. The minimum atomic E-state index is -0.773. The van der Waals surface area contributed by atoms with Gasteiger partial charge in [-0.05, 0) is 64.2 Å². The van der Waals surface area contributed by atoms with Crippen molar-refractivity contribution in [2.24, 2.45) is 0 Å². The highest BCUT2D eigenvalue weighted by Crippen LogP contribution is 2.13. The average Bonchev–Trinajstić information content (AvgIpc) is 3.12. The molecule has 51 heavy (non-hydrogen) atoms. The largest absolute Gasteiger partial charge is 0.462 e. The molecule has 0 saturated carbocycles.